The van der Waals surface area contributed by atoms with E-state index in [1.807, 2.05) is 12.1 Å². The lowest BCUT2D eigenvalue weighted by atomic mass is 10.3. The van der Waals surface area contributed by atoms with Gasteiger partial charge in [0.1, 0.15) is 11.8 Å². The Morgan fingerprint density at radius 2 is 1.45 bits per heavy atom. The van der Waals surface area contributed by atoms with Crippen molar-refractivity contribution in [1.82, 2.24) is 0 Å². The smallest absolute Gasteiger partial charge is 0.229 e. The Balaban J connectivity index is -0.0000000968. The van der Waals surface area contributed by atoms with Gasteiger partial charge in [0.25, 0.3) is 0 Å². The summed E-state index contributed by atoms with van der Waals surface area (Å²) in [6, 6.07) is 12.9. The van der Waals surface area contributed by atoms with Crippen molar-refractivity contribution in [2.45, 2.75) is 26.9 Å². The van der Waals surface area contributed by atoms with Gasteiger partial charge in [-0.25, -0.2) is 0 Å². The fourth-order valence-electron chi connectivity index (χ4n) is 1.44. The third-order valence-electron chi connectivity index (χ3n) is 2.69. The van der Waals surface area contributed by atoms with Crippen molar-refractivity contribution in [3.8, 4) is 12.1 Å². The maximum absolute atomic E-state index is 9.77. The SMILES string of the molecule is C.C.N#CC(N)c1ccco1.N#CC([NH3+])c1ccco1.O=Cc1ccco1.[2HH].[B].[CH3-]. The van der Waals surface area contributed by atoms with Gasteiger partial charge >= 0.3 is 0 Å². The highest BCUT2D eigenvalue weighted by Gasteiger charge is 2.08. The number of furan rings is 3. The molecule has 0 aliphatic rings. The van der Waals surface area contributed by atoms with E-state index in [0.717, 1.165) is 0 Å². The molecule has 0 aliphatic carbocycles. The number of carbonyl (C=O) groups excluding carboxylic acids is 1. The zero-order valence-corrected chi connectivity index (χ0v) is 14.8. The topological polar surface area (TPSA) is 158 Å². The van der Waals surface area contributed by atoms with Gasteiger partial charge in [-0.15, -0.1) is 0 Å². The molecule has 3 radical (unpaired) electrons. The number of carbonyl (C=O) groups is 1. The maximum atomic E-state index is 9.77. The molecule has 0 saturated heterocycles. The van der Waals surface area contributed by atoms with Crippen molar-refractivity contribution < 1.29 is 25.2 Å². The third kappa shape index (κ3) is 12.5. The lowest BCUT2D eigenvalue weighted by molar-refractivity contribution is -0.409. The van der Waals surface area contributed by atoms with E-state index in [4.69, 9.17) is 25.1 Å². The van der Waals surface area contributed by atoms with E-state index in [1.54, 1.807) is 36.4 Å². The van der Waals surface area contributed by atoms with Crippen molar-refractivity contribution in [1.29, 1.82) is 10.5 Å². The van der Waals surface area contributed by atoms with Crippen molar-refractivity contribution >= 4 is 14.7 Å². The van der Waals surface area contributed by atoms with E-state index in [-0.39, 0.29) is 38.2 Å². The number of hydrogen-bond acceptors (Lipinski definition) is 7. The van der Waals surface area contributed by atoms with Crippen LogP contribution in [-0.2, 0) is 0 Å². The predicted molar refractivity (Wildman–Crippen MR) is 113 cm³/mol. The Morgan fingerprint density at radius 3 is 1.76 bits per heavy atom. The van der Waals surface area contributed by atoms with Crippen LogP contribution in [0.5, 0.6) is 0 Å². The van der Waals surface area contributed by atoms with Crippen LogP contribution in [0.15, 0.2) is 68.4 Å². The average Bonchev–Trinajstić information content (AvgIpc) is 3.43. The largest absolute Gasteiger partial charge is 0.467 e. The van der Waals surface area contributed by atoms with Gasteiger partial charge in [0.2, 0.25) is 6.04 Å². The monoisotopic (exact) mass is 402 g/mol. The summed E-state index contributed by atoms with van der Waals surface area (Å²) in [6.07, 6.45) is 5.15. The average molecular weight is 402 g/mol. The van der Waals surface area contributed by atoms with Gasteiger partial charge in [0, 0.05) is 9.84 Å². The van der Waals surface area contributed by atoms with Crippen LogP contribution >= 0.6 is 0 Å². The Bertz CT molecular complexity index is 745. The van der Waals surface area contributed by atoms with Crippen molar-refractivity contribution in [2.75, 3.05) is 0 Å². The van der Waals surface area contributed by atoms with Gasteiger partial charge in [-0.3, -0.25) is 4.79 Å². The zero-order valence-electron chi connectivity index (χ0n) is 14.8. The van der Waals surface area contributed by atoms with Gasteiger partial charge in [-0.1, -0.05) is 14.9 Å². The quantitative estimate of drug-likeness (QED) is 0.385. The standard InChI is InChI=1S/2C6H6N2O.C5H4O2.2CH4.CH3.B.H2/c2*7-4-5(8)6-2-1-3-9-6;6-4-5-2-1-3-7-5;;;;;/h2*1-3,5H,8H2;1-4H;2*1H4;1H3;;1H/q;;;;;-1;;/p+1/i;;;;;;;1+1. The molecule has 3 heterocycles. The third-order valence-corrected chi connectivity index (χ3v) is 2.69. The van der Waals surface area contributed by atoms with Crippen LogP contribution in [0, 0.1) is 30.1 Å². The molecule has 3 aromatic heterocycles. The number of nitrogens with two attached hydrogens (primary N) is 1. The summed E-state index contributed by atoms with van der Waals surface area (Å²) in [5, 5.41) is 16.6. The number of aldehydes is 1. The van der Waals surface area contributed by atoms with Crippen LogP contribution in [0.4, 0.5) is 0 Å². The second-order valence-corrected chi connectivity index (χ2v) is 4.45. The molecular weight excluding hydrogens is 371 g/mol. The molecule has 3 aromatic rings. The molecule has 3 rings (SSSR count). The van der Waals surface area contributed by atoms with Crippen molar-refractivity contribution in [3.63, 3.8) is 0 Å². The number of nitrogens with zero attached hydrogens (tertiary/aromatic N) is 2. The molecule has 0 aliphatic heterocycles. The summed E-state index contributed by atoms with van der Waals surface area (Å²) in [5.74, 6) is 1.51. The normalized spacial score (nSPS) is 9.79. The first-order chi connectivity index (χ1) is 12.1. The van der Waals surface area contributed by atoms with Gasteiger partial charge in [-0.2, -0.15) is 10.5 Å². The fraction of sp³-hybridized carbons (Fsp3) is 0.200. The molecule has 157 valence electrons. The first-order valence-corrected chi connectivity index (χ1v) is 7.05. The van der Waals surface area contributed by atoms with Gasteiger partial charge in [-0.05, 0) is 36.4 Å². The molecule has 0 bridgehead atoms. The van der Waals surface area contributed by atoms with Crippen LogP contribution in [0.25, 0.3) is 0 Å². The highest BCUT2D eigenvalue weighted by Crippen LogP contribution is 2.08. The molecule has 9 heteroatoms. The van der Waals surface area contributed by atoms with Crippen LogP contribution in [0.1, 0.15) is 50.4 Å². The lowest BCUT2D eigenvalue weighted by Gasteiger charge is -1.92. The summed E-state index contributed by atoms with van der Waals surface area (Å²) < 4.78 is 14.4. The molecule has 8 nitrogen and oxygen atoms in total. The van der Waals surface area contributed by atoms with E-state index < -0.39 is 6.04 Å². The Kier molecular flexibility index (Phi) is 22.0. The second kappa shape index (κ2) is 19.2. The molecule has 2 unspecified atom stereocenters. The summed E-state index contributed by atoms with van der Waals surface area (Å²) in [5.41, 5.74) is 8.83. The summed E-state index contributed by atoms with van der Waals surface area (Å²) >= 11 is 0. The minimum Gasteiger partial charge on any atom is -0.467 e. The number of quaternary nitrogens is 1. The molecule has 0 amide bonds. The summed E-state index contributed by atoms with van der Waals surface area (Å²) in [7, 11) is 0. The summed E-state index contributed by atoms with van der Waals surface area (Å²) in [4.78, 5) is 9.77. The van der Waals surface area contributed by atoms with E-state index in [2.05, 4.69) is 10.2 Å². The lowest BCUT2D eigenvalue weighted by Crippen LogP contribution is -2.52. The minimum absolute atomic E-state index is 0. The molecule has 29 heavy (non-hydrogen) atoms. The van der Waals surface area contributed by atoms with Crippen LogP contribution in [0.2, 0.25) is 0 Å². The number of rotatable bonds is 3. The van der Waals surface area contributed by atoms with E-state index >= 15 is 0 Å². The molecule has 0 spiro atoms. The highest BCUT2D eigenvalue weighted by atomic mass is 16.3. The first kappa shape index (κ1) is 33.1. The minimum atomic E-state index is -0.625. The Labute approximate surface area is 175 Å². The van der Waals surface area contributed by atoms with Crippen molar-refractivity contribution in [3.05, 3.63) is 79.9 Å². The van der Waals surface area contributed by atoms with E-state index in [1.165, 1.54) is 18.8 Å². The number of nitriles is 2. The molecule has 5 N–H and O–H groups in total. The Hall–Kier alpha value is -3.53. The fourth-order valence-corrected chi connectivity index (χ4v) is 1.44. The molecule has 0 aromatic carbocycles. The van der Waals surface area contributed by atoms with Gasteiger partial charge in [0.15, 0.2) is 23.8 Å². The first-order valence-electron chi connectivity index (χ1n) is 7.05. The van der Waals surface area contributed by atoms with Gasteiger partial charge < -0.3 is 32.1 Å². The summed E-state index contributed by atoms with van der Waals surface area (Å²) in [6.45, 7) is 0. The molecule has 2 atom stereocenters. The Morgan fingerprint density at radius 1 is 0.966 bits per heavy atom. The van der Waals surface area contributed by atoms with Gasteiger partial charge in [0.05, 0.1) is 24.9 Å². The predicted octanol–water partition coefficient (Wildman–Crippen LogP) is 3.57. The molecule has 0 saturated carbocycles. The zero-order chi connectivity index (χ0) is 18.5. The second-order valence-electron chi connectivity index (χ2n) is 4.45. The van der Waals surface area contributed by atoms with Crippen LogP contribution in [0.3, 0.4) is 0 Å². The molecular formula is C20H30BN4O4. The van der Waals surface area contributed by atoms with E-state index in [9.17, 15) is 4.79 Å². The number of hydrogen-bond donors (Lipinski definition) is 2. The highest BCUT2D eigenvalue weighted by molar-refractivity contribution is 5.75. The molecule has 0 fully saturated rings. The maximum Gasteiger partial charge on any atom is 0.229 e. The van der Waals surface area contributed by atoms with Crippen LogP contribution in [-0.4, -0.2) is 14.7 Å². The van der Waals surface area contributed by atoms with E-state index in [0.29, 0.717) is 23.6 Å². The van der Waals surface area contributed by atoms with Crippen LogP contribution < -0.4 is 11.5 Å². The van der Waals surface area contributed by atoms with Crippen molar-refractivity contribution in [2.24, 2.45) is 5.73 Å².